The Balaban J connectivity index is 1.23. The first-order chi connectivity index (χ1) is 23.5. The normalized spacial score (nSPS) is 12.9. The topological polar surface area (TPSA) is 138 Å². The van der Waals surface area contributed by atoms with Gasteiger partial charge < -0.3 is 20.3 Å². The molecule has 0 unspecified atom stereocenters. The van der Waals surface area contributed by atoms with Crippen LogP contribution in [0.4, 0.5) is 9.93 Å². The molecule has 0 radical (unpaired) electrons. The Labute approximate surface area is 288 Å². The van der Waals surface area contributed by atoms with Gasteiger partial charge in [0.15, 0.2) is 11.2 Å². The molecule has 6 rings (SSSR count). The van der Waals surface area contributed by atoms with Gasteiger partial charge >= 0.3 is 6.09 Å². The van der Waals surface area contributed by atoms with E-state index in [1.54, 1.807) is 5.38 Å². The number of amides is 3. The first-order valence-electron chi connectivity index (χ1n) is 15.3. The fourth-order valence-electron chi connectivity index (χ4n) is 5.48. The monoisotopic (exact) mass is 695 g/mol. The molecule has 1 aromatic heterocycles. The van der Waals surface area contributed by atoms with Gasteiger partial charge in [-0.1, -0.05) is 84.9 Å². The van der Waals surface area contributed by atoms with Gasteiger partial charge in [0, 0.05) is 48.8 Å². The second-order valence-corrected chi connectivity index (χ2v) is 14.6. The van der Waals surface area contributed by atoms with Crippen molar-refractivity contribution in [2.45, 2.75) is 17.0 Å². The number of carbonyl (C=O) groups excluding carboxylic acids is 3. The van der Waals surface area contributed by atoms with E-state index in [4.69, 9.17) is 4.74 Å². The largest absolute Gasteiger partial charge is 0.436 e. The van der Waals surface area contributed by atoms with Crippen molar-refractivity contribution in [2.75, 3.05) is 33.0 Å². The average molecular weight is 696 g/mol. The van der Waals surface area contributed by atoms with E-state index in [2.05, 4.69) is 15.6 Å². The van der Waals surface area contributed by atoms with Gasteiger partial charge in [-0.15, -0.1) is 11.3 Å². The molecule has 5 aromatic rings. The van der Waals surface area contributed by atoms with Crippen LogP contribution in [-0.2, 0) is 19.6 Å². The molecule has 1 atom stereocenters. The Bertz CT molecular complexity index is 2090. The maximum atomic E-state index is 13.7. The average Bonchev–Trinajstić information content (AvgIpc) is 3.71. The van der Waals surface area contributed by atoms with Gasteiger partial charge in [-0.25, -0.2) is 22.5 Å². The summed E-state index contributed by atoms with van der Waals surface area (Å²) in [5.41, 5.74) is 5.19. The molecular formula is C36H33N5O6S2. The molecule has 1 heterocycles. The minimum Gasteiger partial charge on any atom is -0.436 e. The number of carbonyl (C=O) groups is 3. The number of hydrogen-bond donors (Lipinski definition) is 2. The summed E-state index contributed by atoms with van der Waals surface area (Å²) in [4.78, 5) is 46.4. The summed E-state index contributed by atoms with van der Waals surface area (Å²) in [6.45, 7) is -0.265. The summed E-state index contributed by atoms with van der Waals surface area (Å²) in [6.07, 6.45) is -1.36. The molecule has 13 heteroatoms. The predicted molar refractivity (Wildman–Crippen MR) is 188 cm³/mol. The SMILES string of the molecule is CN(C[C@H](NC(=O)c1cccc(S(=O)(=O)N(C)C)c1)C(=O)Nc1nc(-c2ccccc2)cs1)C(=O)OC1c2ccccc2-c2ccccc21. The first-order valence-corrected chi connectivity index (χ1v) is 17.6. The van der Waals surface area contributed by atoms with Crippen molar-refractivity contribution in [1.29, 1.82) is 0 Å². The lowest BCUT2D eigenvalue weighted by molar-refractivity contribution is -0.118. The minimum atomic E-state index is -3.83. The lowest BCUT2D eigenvalue weighted by Crippen LogP contribution is -2.51. The number of nitrogens with zero attached hydrogens (tertiary/aromatic N) is 3. The quantitative estimate of drug-likeness (QED) is 0.193. The van der Waals surface area contributed by atoms with Gasteiger partial charge in [0.05, 0.1) is 17.1 Å². The molecule has 0 saturated carbocycles. The number of aromatic nitrogens is 1. The molecular weight excluding hydrogens is 663 g/mol. The number of nitrogens with one attached hydrogen (secondary N) is 2. The lowest BCUT2D eigenvalue weighted by atomic mass is 10.1. The number of benzene rings is 4. The van der Waals surface area contributed by atoms with Crippen LogP contribution >= 0.6 is 11.3 Å². The van der Waals surface area contributed by atoms with Crippen LogP contribution < -0.4 is 10.6 Å². The van der Waals surface area contributed by atoms with Crippen LogP contribution in [0.5, 0.6) is 0 Å². The fourth-order valence-corrected chi connectivity index (χ4v) is 7.16. The zero-order chi connectivity index (χ0) is 34.7. The number of fused-ring (bicyclic) bond motifs is 3. The summed E-state index contributed by atoms with van der Waals surface area (Å²) < 4.78 is 32.5. The van der Waals surface area contributed by atoms with Crippen LogP contribution in [0.25, 0.3) is 22.4 Å². The zero-order valence-corrected chi connectivity index (χ0v) is 28.5. The van der Waals surface area contributed by atoms with Crippen molar-refractivity contribution in [3.63, 3.8) is 0 Å². The van der Waals surface area contributed by atoms with Crippen LogP contribution in [-0.4, -0.2) is 74.2 Å². The summed E-state index contributed by atoms with van der Waals surface area (Å²) >= 11 is 1.21. The summed E-state index contributed by atoms with van der Waals surface area (Å²) in [7, 11) is 0.431. The molecule has 0 fully saturated rings. The van der Waals surface area contributed by atoms with Crippen molar-refractivity contribution in [2.24, 2.45) is 0 Å². The number of likely N-dealkylation sites (N-methyl/N-ethyl adjacent to an activating group) is 1. The fraction of sp³-hybridized carbons (Fsp3) is 0.167. The standard InChI is InChI=1S/C36H33N5O6S2/c1-40(2)49(45,46)25-15-11-14-24(20-25)33(42)37-30(34(43)39-35-38-31(22-48-35)23-12-5-4-6-13-23)21-41(3)36(44)47-32-28-18-9-7-16-26(28)27-17-8-10-19-29(27)32/h4-20,22,30,32H,21H2,1-3H3,(H,37,42)(H,38,39,43)/t30-/m0/s1. The Morgan fingerprint density at radius 1 is 0.857 bits per heavy atom. The third-order valence-electron chi connectivity index (χ3n) is 8.06. The van der Waals surface area contributed by atoms with Crippen molar-refractivity contribution < 1.29 is 27.5 Å². The molecule has 250 valence electrons. The lowest BCUT2D eigenvalue weighted by Gasteiger charge is -2.25. The van der Waals surface area contributed by atoms with Gasteiger partial charge in [-0.3, -0.25) is 9.59 Å². The van der Waals surface area contributed by atoms with E-state index >= 15 is 0 Å². The Hall–Kier alpha value is -5.37. The van der Waals surface area contributed by atoms with Crippen LogP contribution in [0.3, 0.4) is 0 Å². The van der Waals surface area contributed by atoms with E-state index < -0.39 is 40.1 Å². The summed E-state index contributed by atoms with van der Waals surface area (Å²) in [5.74, 6) is -1.34. The second-order valence-electron chi connectivity index (χ2n) is 11.6. The smallest absolute Gasteiger partial charge is 0.410 e. The number of hydrogen-bond acceptors (Lipinski definition) is 8. The van der Waals surface area contributed by atoms with Crippen LogP contribution in [0.1, 0.15) is 27.6 Å². The minimum absolute atomic E-state index is 0.0192. The predicted octanol–water partition coefficient (Wildman–Crippen LogP) is 5.64. The van der Waals surface area contributed by atoms with Crippen LogP contribution in [0, 0.1) is 0 Å². The maximum absolute atomic E-state index is 13.7. The molecule has 0 saturated heterocycles. The highest BCUT2D eigenvalue weighted by Crippen LogP contribution is 2.45. The molecule has 0 spiro atoms. The summed E-state index contributed by atoms with van der Waals surface area (Å²) in [5, 5.41) is 7.53. The van der Waals surface area contributed by atoms with Gasteiger partial charge in [0.25, 0.3) is 11.8 Å². The van der Waals surface area contributed by atoms with Gasteiger partial charge in [0.2, 0.25) is 10.0 Å². The van der Waals surface area contributed by atoms with Gasteiger partial charge in [0.1, 0.15) is 6.04 Å². The van der Waals surface area contributed by atoms with E-state index in [0.29, 0.717) is 10.8 Å². The number of anilines is 1. The van der Waals surface area contributed by atoms with Crippen LogP contribution in [0.2, 0.25) is 0 Å². The van der Waals surface area contributed by atoms with E-state index in [1.807, 2.05) is 78.9 Å². The van der Waals surface area contributed by atoms with Crippen molar-refractivity contribution >= 4 is 44.4 Å². The van der Waals surface area contributed by atoms with Gasteiger partial charge in [-0.2, -0.15) is 0 Å². The van der Waals surface area contributed by atoms with Crippen molar-refractivity contribution in [1.82, 2.24) is 19.5 Å². The van der Waals surface area contributed by atoms with E-state index in [9.17, 15) is 22.8 Å². The maximum Gasteiger partial charge on any atom is 0.410 e. The number of rotatable bonds is 10. The second kappa shape index (κ2) is 14.0. The highest BCUT2D eigenvalue weighted by Gasteiger charge is 2.33. The summed E-state index contributed by atoms with van der Waals surface area (Å²) in [6, 6.07) is 29.1. The molecule has 4 aromatic carbocycles. The highest BCUT2D eigenvalue weighted by molar-refractivity contribution is 7.89. The highest BCUT2D eigenvalue weighted by atomic mass is 32.2. The molecule has 1 aliphatic carbocycles. The third kappa shape index (κ3) is 7.09. The molecule has 11 nitrogen and oxygen atoms in total. The Morgan fingerprint density at radius 2 is 1.49 bits per heavy atom. The van der Waals surface area contributed by atoms with Crippen molar-refractivity contribution in [3.8, 4) is 22.4 Å². The zero-order valence-electron chi connectivity index (χ0n) is 26.9. The molecule has 0 aliphatic heterocycles. The molecule has 0 bridgehead atoms. The number of ether oxygens (including phenoxy) is 1. The first kappa shape index (κ1) is 33.5. The van der Waals surface area contributed by atoms with Crippen molar-refractivity contribution in [3.05, 3.63) is 125 Å². The Morgan fingerprint density at radius 3 is 2.14 bits per heavy atom. The molecule has 3 amide bonds. The van der Waals surface area contributed by atoms with E-state index in [1.165, 1.54) is 61.6 Å². The Kier molecular flexibility index (Phi) is 9.58. The third-order valence-corrected chi connectivity index (χ3v) is 10.6. The number of thiazole rings is 1. The molecule has 2 N–H and O–H groups in total. The van der Waals surface area contributed by atoms with Crippen LogP contribution in [0.15, 0.2) is 113 Å². The molecule has 49 heavy (non-hydrogen) atoms. The van der Waals surface area contributed by atoms with E-state index in [0.717, 1.165) is 32.1 Å². The van der Waals surface area contributed by atoms with E-state index in [-0.39, 0.29) is 17.0 Å². The number of sulfonamides is 1. The molecule has 1 aliphatic rings. The van der Waals surface area contributed by atoms with Gasteiger partial charge in [-0.05, 0) is 29.3 Å².